The highest BCUT2D eigenvalue weighted by molar-refractivity contribution is 5.05. The molecule has 2 rings (SSSR count). The van der Waals surface area contributed by atoms with Gasteiger partial charge in [0.2, 0.25) is 0 Å². The topological polar surface area (TPSA) is 9.23 Å². The smallest absolute Gasteiger partial charge is 0.0758 e. The van der Waals surface area contributed by atoms with Gasteiger partial charge in [0.1, 0.15) is 0 Å². The third kappa shape index (κ3) is 0.953. The van der Waals surface area contributed by atoms with E-state index in [4.69, 9.17) is 4.74 Å². The second-order valence-electron chi connectivity index (χ2n) is 4.76. The van der Waals surface area contributed by atoms with Gasteiger partial charge >= 0.3 is 0 Å². The lowest BCUT2D eigenvalue weighted by Crippen LogP contribution is -2.62. The molecule has 1 spiro atoms. The maximum atomic E-state index is 5.87. The molecule has 0 N–H and O–H groups in total. The maximum Gasteiger partial charge on any atom is 0.0758 e. The summed E-state index contributed by atoms with van der Waals surface area (Å²) in [6.45, 7) is 5.71. The second kappa shape index (κ2) is 2.73. The minimum Gasteiger partial charge on any atom is -0.374 e. The van der Waals surface area contributed by atoms with Crippen LogP contribution in [0.2, 0.25) is 0 Å². The van der Waals surface area contributed by atoms with Crippen LogP contribution >= 0.6 is 0 Å². The first-order valence-corrected chi connectivity index (χ1v) is 5.36. The predicted octanol–water partition coefficient (Wildman–Crippen LogP) is 3.14. The van der Waals surface area contributed by atoms with Crippen molar-refractivity contribution in [2.24, 2.45) is 5.41 Å². The van der Waals surface area contributed by atoms with Crippen molar-refractivity contribution in [1.29, 1.82) is 0 Å². The van der Waals surface area contributed by atoms with Crippen LogP contribution in [0, 0.1) is 5.41 Å². The summed E-state index contributed by atoms with van der Waals surface area (Å²) >= 11 is 0. The van der Waals surface area contributed by atoms with Gasteiger partial charge in [-0.3, -0.25) is 0 Å². The van der Waals surface area contributed by atoms with Crippen LogP contribution in [0.1, 0.15) is 52.4 Å². The van der Waals surface area contributed by atoms with Gasteiger partial charge in [0.15, 0.2) is 0 Å². The molecule has 1 saturated heterocycles. The van der Waals surface area contributed by atoms with Crippen molar-refractivity contribution in [3.05, 3.63) is 0 Å². The predicted molar refractivity (Wildman–Crippen MR) is 50.2 cm³/mol. The molecule has 70 valence electrons. The van der Waals surface area contributed by atoms with E-state index in [0.29, 0.717) is 11.0 Å². The Morgan fingerprint density at radius 3 is 2.25 bits per heavy atom. The van der Waals surface area contributed by atoms with Gasteiger partial charge in [-0.05, 0) is 19.3 Å². The van der Waals surface area contributed by atoms with E-state index in [2.05, 4.69) is 13.8 Å². The average Bonchev–Trinajstić information content (AvgIpc) is 2.16. The first-order chi connectivity index (χ1) is 5.72. The fraction of sp³-hybridized carbons (Fsp3) is 1.00. The summed E-state index contributed by atoms with van der Waals surface area (Å²) in [6, 6.07) is 0. The van der Waals surface area contributed by atoms with Crippen molar-refractivity contribution in [3.63, 3.8) is 0 Å². The van der Waals surface area contributed by atoms with Gasteiger partial charge in [-0.1, -0.05) is 33.1 Å². The summed E-state index contributed by atoms with van der Waals surface area (Å²) in [4.78, 5) is 0. The van der Waals surface area contributed by atoms with Crippen LogP contribution < -0.4 is 0 Å². The third-order valence-electron chi connectivity index (χ3n) is 4.21. The molecule has 1 nitrogen and oxygen atoms in total. The first kappa shape index (κ1) is 8.55. The van der Waals surface area contributed by atoms with Crippen LogP contribution in [0.25, 0.3) is 0 Å². The SMILES string of the molecule is CCC1(C)COC12CCCCC2. The van der Waals surface area contributed by atoms with Crippen LogP contribution in [-0.4, -0.2) is 12.2 Å². The van der Waals surface area contributed by atoms with E-state index in [-0.39, 0.29) is 0 Å². The van der Waals surface area contributed by atoms with E-state index in [1.54, 1.807) is 0 Å². The lowest BCUT2D eigenvalue weighted by molar-refractivity contribution is -0.274. The average molecular weight is 168 g/mol. The standard InChI is InChI=1S/C11H20O/c1-3-10(2)9-12-11(10)7-5-4-6-8-11/h3-9H2,1-2H3. The molecule has 0 radical (unpaired) electrons. The fourth-order valence-corrected chi connectivity index (χ4v) is 2.82. The van der Waals surface area contributed by atoms with Gasteiger partial charge in [-0.15, -0.1) is 0 Å². The second-order valence-corrected chi connectivity index (χ2v) is 4.76. The Bertz CT molecular complexity index is 166. The highest BCUT2D eigenvalue weighted by Crippen LogP contribution is 2.54. The molecule has 2 fully saturated rings. The highest BCUT2D eigenvalue weighted by Gasteiger charge is 2.56. The molecule has 1 aliphatic carbocycles. The molecule has 1 aliphatic heterocycles. The molecular formula is C11H20O. The Labute approximate surface area is 75.5 Å². The quantitative estimate of drug-likeness (QED) is 0.584. The number of ether oxygens (including phenoxy) is 1. The van der Waals surface area contributed by atoms with Crippen molar-refractivity contribution < 1.29 is 4.74 Å². The molecule has 0 bridgehead atoms. The van der Waals surface area contributed by atoms with E-state index in [1.807, 2.05) is 0 Å². The van der Waals surface area contributed by atoms with Gasteiger partial charge < -0.3 is 4.74 Å². The lowest BCUT2D eigenvalue weighted by atomic mass is 9.61. The van der Waals surface area contributed by atoms with E-state index in [0.717, 1.165) is 6.61 Å². The molecule has 0 aromatic rings. The monoisotopic (exact) mass is 168 g/mol. The lowest BCUT2D eigenvalue weighted by Gasteiger charge is -2.59. The van der Waals surface area contributed by atoms with Gasteiger partial charge in [0, 0.05) is 5.41 Å². The zero-order valence-corrected chi connectivity index (χ0v) is 8.36. The van der Waals surface area contributed by atoms with Crippen LogP contribution in [-0.2, 0) is 4.74 Å². The summed E-state index contributed by atoms with van der Waals surface area (Å²) in [6.07, 6.45) is 8.11. The molecule has 1 atom stereocenters. The Hall–Kier alpha value is -0.0400. The Kier molecular flexibility index (Phi) is 1.95. The van der Waals surface area contributed by atoms with Crippen LogP contribution in [0.3, 0.4) is 0 Å². The number of hydrogen-bond donors (Lipinski definition) is 0. The summed E-state index contributed by atoms with van der Waals surface area (Å²) in [7, 11) is 0. The minimum absolute atomic E-state index is 0.306. The Balaban J connectivity index is 2.09. The zero-order valence-electron chi connectivity index (χ0n) is 8.36. The summed E-state index contributed by atoms with van der Waals surface area (Å²) in [5.74, 6) is 0. The van der Waals surface area contributed by atoms with E-state index >= 15 is 0 Å². The Morgan fingerprint density at radius 2 is 1.83 bits per heavy atom. The van der Waals surface area contributed by atoms with Crippen molar-refractivity contribution in [2.75, 3.05) is 6.61 Å². The fourth-order valence-electron chi connectivity index (χ4n) is 2.82. The van der Waals surface area contributed by atoms with Crippen LogP contribution in [0.5, 0.6) is 0 Å². The number of rotatable bonds is 1. The van der Waals surface area contributed by atoms with Crippen molar-refractivity contribution in [2.45, 2.75) is 58.0 Å². The highest BCUT2D eigenvalue weighted by atomic mass is 16.5. The molecule has 1 unspecified atom stereocenters. The molecule has 0 aromatic heterocycles. The largest absolute Gasteiger partial charge is 0.374 e. The van der Waals surface area contributed by atoms with E-state index in [1.165, 1.54) is 38.5 Å². The maximum absolute atomic E-state index is 5.87. The van der Waals surface area contributed by atoms with Crippen molar-refractivity contribution in [3.8, 4) is 0 Å². The van der Waals surface area contributed by atoms with Crippen molar-refractivity contribution >= 4 is 0 Å². The molecule has 12 heavy (non-hydrogen) atoms. The van der Waals surface area contributed by atoms with E-state index in [9.17, 15) is 0 Å². The van der Waals surface area contributed by atoms with Crippen LogP contribution in [0.4, 0.5) is 0 Å². The van der Waals surface area contributed by atoms with E-state index < -0.39 is 0 Å². The molecule has 1 heteroatoms. The van der Waals surface area contributed by atoms with Crippen LogP contribution in [0.15, 0.2) is 0 Å². The summed E-state index contributed by atoms with van der Waals surface area (Å²) in [5, 5.41) is 0. The third-order valence-corrected chi connectivity index (χ3v) is 4.21. The van der Waals surface area contributed by atoms with Crippen molar-refractivity contribution in [1.82, 2.24) is 0 Å². The van der Waals surface area contributed by atoms with Gasteiger partial charge in [0.25, 0.3) is 0 Å². The first-order valence-electron chi connectivity index (χ1n) is 5.36. The Morgan fingerprint density at radius 1 is 1.17 bits per heavy atom. The zero-order chi connectivity index (χ0) is 8.66. The minimum atomic E-state index is 0.306. The molecule has 0 amide bonds. The summed E-state index contributed by atoms with van der Waals surface area (Å²) < 4.78 is 5.87. The molecule has 1 heterocycles. The molecule has 0 aromatic carbocycles. The summed E-state index contributed by atoms with van der Waals surface area (Å²) in [5.41, 5.74) is 0.813. The number of hydrogen-bond acceptors (Lipinski definition) is 1. The van der Waals surface area contributed by atoms with Gasteiger partial charge in [-0.25, -0.2) is 0 Å². The molecule has 2 aliphatic rings. The normalized spacial score (nSPS) is 39.5. The van der Waals surface area contributed by atoms with Gasteiger partial charge in [-0.2, -0.15) is 0 Å². The van der Waals surface area contributed by atoms with Gasteiger partial charge in [0.05, 0.1) is 12.2 Å². The molecule has 1 saturated carbocycles. The molecular weight excluding hydrogens is 148 g/mol.